The first-order valence-electron chi connectivity index (χ1n) is 5.46. The summed E-state index contributed by atoms with van der Waals surface area (Å²) in [6.07, 6.45) is 3.02. The Hall–Kier alpha value is -1.44. The zero-order valence-electron chi connectivity index (χ0n) is 9.75. The van der Waals surface area contributed by atoms with Crippen molar-refractivity contribution in [3.8, 4) is 0 Å². The summed E-state index contributed by atoms with van der Waals surface area (Å²) in [6, 6.07) is 8.44. The maximum absolute atomic E-state index is 5.68. The lowest BCUT2D eigenvalue weighted by atomic mass is 9.99. The van der Waals surface area contributed by atoms with Crippen LogP contribution in [0.15, 0.2) is 36.2 Å². The van der Waals surface area contributed by atoms with Gasteiger partial charge in [0.2, 0.25) is 0 Å². The highest BCUT2D eigenvalue weighted by molar-refractivity contribution is 5.48. The van der Waals surface area contributed by atoms with Crippen LogP contribution in [-0.4, -0.2) is 0 Å². The molecule has 2 nitrogen and oxygen atoms in total. The predicted molar refractivity (Wildman–Crippen MR) is 66.7 cm³/mol. The molecule has 1 unspecified atom stereocenters. The fourth-order valence-corrected chi connectivity index (χ4v) is 1.37. The van der Waals surface area contributed by atoms with Crippen molar-refractivity contribution >= 4 is 5.69 Å². The lowest BCUT2D eigenvalue weighted by Gasteiger charge is -2.10. The molecule has 0 bridgehead atoms. The quantitative estimate of drug-likeness (QED) is 0.788. The number of rotatable bonds is 4. The fraction of sp³-hybridized carbons (Fsp3) is 0.385. The van der Waals surface area contributed by atoms with Crippen LogP contribution in [0.5, 0.6) is 0 Å². The highest BCUT2D eigenvalue weighted by Crippen LogP contribution is 2.20. The molecule has 0 radical (unpaired) electrons. The lowest BCUT2D eigenvalue weighted by Crippen LogP contribution is -2.08. The van der Waals surface area contributed by atoms with Crippen molar-refractivity contribution in [3.05, 3.63) is 41.7 Å². The molecule has 0 amide bonds. The maximum Gasteiger partial charge on any atom is 0.0960 e. The van der Waals surface area contributed by atoms with E-state index in [9.17, 15) is 0 Å². The van der Waals surface area contributed by atoms with Crippen molar-refractivity contribution in [3.63, 3.8) is 0 Å². The predicted octanol–water partition coefficient (Wildman–Crippen LogP) is 3.43. The first-order valence-corrected chi connectivity index (χ1v) is 5.46. The molecule has 15 heavy (non-hydrogen) atoms. The minimum absolute atomic E-state index is 0.623. The highest BCUT2D eigenvalue weighted by atomic mass is 15.0. The summed E-state index contributed by atoms with van der Waals surface area (Å²) >= 11 is 0. The van der Waals surface area contributed by atoms with Crippen molar-refractivity contribution in [1.82, 2.24) is 0 Å². The molecule has 0 aliphatic heterocycles. The molecule has 0 saturated heterocycles. The summed E-state index contributed by atoms with van der Waals surface area (Å²) in [5, 5.41) is 3.11. The molecule has 0 aliphatic rings. The molecule has 3 N–H and O–H groups in total. The first-order chi connectivity index (χ1) is 7.17. The lowest BCUT2D eigenvalue weighted by molar-refractivity contribution is 0.734. The van der Waals surface area contributed by atoms with Crippen LogP contribution in [-0.2, 0) is 0 Å². The van der Waals surface area contributed by atoms with Crippen LogP contribution in [0, 0.1) is 0 Å². The van der Waals surface area contributed by atoms with E-state index in [4.69, 9.17) is 5.73 Å². The molecule has 1 atom stereocenters. The van der Waals surface area contributed by atoms with Gasteiger partial charge in [-0.25, -0.2) is 0 Å². The molecule has 0 spiro atoms. The molecule has 0 aliphatic carbocycles. The first kappa shape index (κ1) is 11.6. The van der Waals surface area contributed by atoms with Crippen LogP contribution >= 0.6 is 0 Å². The standard InChI is InChI=1S/C13H20N2/c1-4-10(3)11-6-8-12(9-7-11)15-13(14)5-2/h5-10,15H,4,14H2,1-3H3/b13-5+. The van der Waals surface area contributed by atoms with E-state index in [-0.39, 0.29) is 0 Å². The largest absolute Gasteiger partial charge is 0.386 e. The third-order valence-electron chi connectivity index (χ3n) is 2.69. The molecule has 0 heterocycles. The Bertz CT molecular complexity index is 325. The van der Waals surface area contributed by atoms with Crippen LogP contribution in [0.2, 0.25) is 0 Å². The van der Waals surface area contributed by atoms with Crippen LogP contribution in [0.1, 0.15) is 38.7 Å². The second-order valence-electron chi connectivity index (χ2n) is 3.80. The Morgan fingerprint density at radius 2 is 2.00 bits per heavy atom. The third kappa shape index (κ3) is 3.31. The number of allylic oxidation sites excluding steroid dienone is 1. The van der Waals surface area contributed by atoms with Gasteiger partial charge in [-0.3, -0.25) is 0 Å². The summed E-state index contributed by atoms with van der Waals surface area (Å²) in [5.74, 6) is 1.31. The molecule has 1 aromatic rings. The molecule has 1 aromatic carbocycles. The van der Waals surface area contributed by atoms with Crippen LogP contribution in [0.3, 0.4) is 0 Å². The molecular weight excluding hydrogens is 184 g/mol. The monoisotopic (exact) mass is 204 g/mol. The summed E-state index contributed by atoms with van der Waals surface area (Å²) in [6.45, 7) is 6.35. The summed E-state index contributed by atoms with van der Waals surface area (Å²) in [4.78, 5) is 0. The highest BCUT2D eigenvalue weighted by Gasteiger charge is 2.01. The number of anilines is 1. The molecule has 0 saturated carbocycles. The van der Waals surface area contributed by atoms with Gasteiger partial charge in [0.05, 0.1) is 5.82 Å². The van der Waals surface area contributed by atoms with Crippen LogP contribution in [0.4, 0.5) is 5.69 Å². The minimum Gasteiger partial charge on any atom is -0.386 e. The van der Waals surface area contributed by atoms with Gasteiger partial charge in [-0.15, -0.1) is 0 Å². The molecule has 0 fully saturated rings. The average molecular weight is 204 g/mol. The molecule has 0 aromatic heterocycles. The second-order valence-corrected chi connectivity index (χ2v) is 3.80. The van der Waals surface area contributed by atoms with E-state index in [2.05, 4.69) is 43.4 Å². The molecule has 82 valence electrons. The smallest absolute Gasteiger partial charge is 0.0960 e. The minimum atomic E-state index is 0.623. The summed E-state index contributed by atoms with van der Waals surface area (Å²) in [7, 11) is 0. The van der Waals surface area contributed by atoms with Crippen molar-refractivity contribution in [2.45, 2.75) is 33.1 Å². The van der Waals surface area contributed by atoms with Crippen molar-refractivity contribution in [2.24, 2.45) is 5.73 Å². The topological polar surface area (TPSA) is 38.0 Å². The van der Waals surface area contributed by atoms with Crippen molar-refractivity contribution in [1.29, 1.82) is 0 Å². The van der Waals surface area contributed by atoms with E-state index in [1.807, 2.05) is 13.0 Å². The van der Waals surface area contributed by atoms with Gasteiger partial charge in [0.25, 0.3) is 0 Å². The number of nitrogens with two attached hydrogens (primary N) is 1. The Kier molecular flexibility index (Phi) is 4.22. The van der Waals surface area contributed by atoms with E-state index in [0.29, 0.717) is 11.7 Å². The van der Waals surface area contributed by atoms with Gasteiger partial charge in [-0.1, -0.05) is 26.0 Å². The number of nitrogens with one attached hydrogen (secondary N) is 1. The van der Waals surface area contributed by atoms with Crippen molar-refractivity contribution in [2.75, 3.05) is 5.32 Å². The fourth-order valence-electron chi connectivity index (χ4n) is 1.37. The van der Waals surface area contributed by atoms with Crippen LogP contribution < -0.4 is 11.1 Å². The third-order valence-corrected chi connectivity index (χ3v) is 2.69. The van der Waals surface area contributed by atoms with Gasteiger partial charge >= 0.3 is 0 Å². The van der Waals surface area contributed by atoms with Gasteiger partial charge in [-0.2, -0.15) is 0 Å². The molecule has 1 rings (SSSR count). The Labute approximate surface area is 92.2 Å². The SMILES string of the molecule is C/C=C(\N)Nc1ccc(C(C)CC)cc1. The zero-order valence-corrected chi connectivity index (χ0v) is 9.75. The van der Waals surface area contributed by atoms with E-state index in [1.54, 1.807) is 0 Å². The number of hydrogen-bond donors (Lipinski definition) is 2. The van der Waals surface area contributed by atoms with Gasteiger partial charge in [-0.05, 0) is 43.0 Å². The van der Waals surface area contributed by atoms with Gasteiger partial charge in [0, 0.05) is 5.69 Å². The van der Waals surface area contributed by atoms with Crippen LogP contribution in [0.25, 0.3) is 0 Å². The van der Waals surface area contributed by atoms with E-state index in [1.165, 1.54) is 12.0 Å². The van der Waals surface area contributed by atoms with E-state index in [0.717, 1.165) is 5.69 Å². The normalized spacial score (nSPS) is 13.7. The van der Waals surface area contributed by atoms with E-state index < -0.39 is 0 Å². The van der Waals surface area contributed by atoms with Gasteiger partial charge < -0.3 is 11.1 Å². The maximum atomic E-state index is 5.68. The molecular formula is C13H20N2. The Balaban J connectivity index is 2.72. The Morgan fingerprint density at radius 3 is 2.47 bits per heavy atom. The average Bonchev–Trinajstić information content (AvgIpc) is 2.29. The summed E-state index contributed by atoms with van der Waals surface area (Å²) < 4.78 is 0. The van der Waals surface area contributed by atoms with Gasteiger partial charge in [0.1, 0.15) is 0 Å². The number of benzene rings is 1. The Morgan fingerprint density at radius 1 is 1.40 bits per heavy atom. The number of hydrogen-bond acceptors (Lipinski definition) is 2. The van der Waals surface area contributed by atoms with E-state index >= 15 is 0 Å². The second kappa shape index (κ2) is 5.44. The van der Waals surface area contributed by atoms with Gasteiger partial charge in [0.15, 0.2) is 0 Å². The zero-order chi connectivity index (χ0) is 11.3. The van der Waals surface area contributed by atoms with Crippen molar-refractivity contribution < 1.29 is 0 Å². The summed E-state index contributed by atoms with van der Waals surface area (Å²) in [5.41, 5.74) is 8.10. The molecule has 2 heteroatoms.